The zero-order chi connectivity index (χ0) is 27.8. The molecule has 1 aromatic rings. The van der Waals surface area contributed by atoms with Crippen molar-refractivity contribution < 1.29 is 24.2 Å². The summed E-state index contributed by atoms with van der Waals surface area (Å²) in [6.45, 7) is 5.92. The molecule has 39 heavy (non-hydrogen) atoms. The van der Waals surface area contributed by atoms with Gasteiger partial charge < -0.3 is 14.6 Å². The van der Waals surface area contributed by atoms with Crippen molar-refractivity contribution in [3.05, 3.63) is 23.0 Å². The normalized spacial score (nSPS) is 10.8. The maximum Gasteiger partial charge on any atom is 0.311 e. The smallest absolute Gasteiger partial charge is 0.311 e. The van der Waals surface area contributed by atoms with Crippen LogP contribution in [-0.4, -0.2) is 22.0 Å². The first-order valence-electron chi connectivity index (χ1n) is 15.5. The summed E-state index contributed by atoms with van der Waals surface area (Å²) in [5.41, 5.74) is 1.59. The Labute approximate surface area is 244 Å². The first-order chi connectivity index (χ1) is 18.5. The lowest BCUT2D eigenvalue weighted by atomic mass is 10.1. The SMILES string of the molecule is CCCCCCCCCCCC(=O)OCc1c(CO)cnc(C)c1OC(=O)CCCCCCCCCCC.Cl. The molecule has 0 saturated carbocycles. The second kappa shape index (κ2) is 25.3. The molecular weight excluding hydrogens is 514 g/mol. The van der Waals surface area contributed by atoms with E-state index in [2.05, 4.69) is 18.8 Å². The molecule has 0 unspecified atom stereocenters. The largest absolute Gasteiger partial charge is 0.461 e. The number of carbonyl (C=O) groups excluding carboxylic acids is 2. The highest BCUT2D eigenvalue weighted by Gasteiger charge is 2.18. The van der Waals surface area contributed by atoms with Gasteiger partial charge in [-0.2, -0.15) is 0 Å². The van der Waals surface area contributed by atoms with Crippen LogP contribution in [0.2, 0.25) is 0 Å². The predicted octanol–water partition coefficient (Wildman–Crippen LogP) is 9.09. The van der Waals surface area contributed by atoms with Gasteiger partial charge in [-0.3, -0.25) is 14.6 Å². The number of hydrogen-bond acceptors (Lipinski definition) is 6. The molecule has 7 heteroatoms. The van der Waals surface area contributed by atoms with Crippen LogP contribution in [-0.2, 0) is 27.5 Å². The fraction of sp³-hybridized carbons (Fsp3) is 0.781. The molecule has 1 aromatic heterocycles. The Bertz CT molecular complexity index is 771. The van der Waals surface area contributed by atoms with Gasteiger partial charge in [0.15, 0.2) is 5.75 Å². The molecule has 1 rings (SSSR count). The van der Waals surface area contributed by atoms with Crippen LogP contribution in [0.1, 0.15) is 159 Å². The van der Waals surface area contributed by atoms with Gasteiger partial charge in [-0.05, 0) is 19.8 Å². The second-order valence-corrected chi connectivity index (χ2v) is 10.6. The van der Waals surface area contributed by atoms with Gasteiger partial charge in [-0.25, -0.2) is 0 Å². The zero-order valence-corrected chi connectivity index (χ0v) is 25.9. The topological polar surface area (TPSA) is 85.7 Å². The third-order valence-electron chi connectivity index (χ3n) is 7.14. The number of pyridine rings is 1. The van der Waals surface area contributed by atoms with Crippen LogP contribution in [0, 0.1) is 6.92 Å². The molecule has 0 amide bonds. The average molecular weight is 570 g/mol. The Morgan fingerprint density at radius 2 is 1.15 bits per heavy atom. The van der Waals surface area contributed by atoms with Gasteiger partial charge in [0.1, 0.15) is 6.61 Å². The van der Waals surface area contributed by atoms with Crippen molar-refractivity contribution in [2.75, 3.05) is 0 Å². The fourth-order valence-corrected chi connectivity index (χ4v) is 4.66. The first-order valence-corrected chi connectivity index (χ1v) is 15.5. The van der Waals surface area contributed by atoms with Crippen LogP contribution in [0.15, 0.2) is 6.20 Å². The molecule has 0 bridgehead atoms. The number of rotatable bonds is 24. The lowest BCUT2D eigenvalue weighted by Gasteiger charge is -2.16. The van der Waals surface area contributed by atoms with Gasteiger partial charge in [0.05, 0.1) is 12.3 Å². The molecule has 0 aliphatic heterocycles. The van der Waals surface area contributed by atoms with Crippen LogP contribution in [0.3, 0.4) is 0 Å². The fourth-order valence-electron chi connectivity index (χ4n) is 4.66. The van der Waals surface area contributed by atoms with E-state index >= 15 is 0 Å². The molecule has 6 nitrogen and oxygen atoms in total. The first kappa shape index (κ1) is 37.3. The van der Waals surface area contributed by atoms with Crippen molar-refractivity contribution in [3.8, 4) is 5.75 Å². The summed E-state index contributed by atoms with van der Waals surface area (Å²) < 4.78 is 11.2. The van der Waals surface area contributed by atoms with Gasteiger partial charge >= 0.3 is 11.9 Å². The third kappa shape index (κ3) is 18.3. The van der Waals surface area contributed by atoms with Crippen molar-refractivity contribution in [1.29, 1.82) is 0 Å². The molecule has 0 saturated heterocycles. The molecule has 0 fully saturated rings. The van der Waals surface area contributed by atoms with Gasteiger partial charge in [0, 0.05) is 30.2 Å². The molecule has 0 spiro atoms. The van der Waals surface area contributed by atoms with Crippen molar-refractivity contribution in [2.24, 2.45) is 0 Å². The molecule has 0 radical (unpaired) electrons. The molecule has 0 aliphatic rings. The van der Waals surface area contributed by atoms with Gasteiger partial charge in [0.2, 0.25) is 0 Å². The number of halogens is 1. The Kier molecular flexibility index (Phi) is 24.2. The standard InChI is InChI=1S/C32H55NO5.ClH/c1-4-6-8-10-12-14-16-18-20-22-30(35)37-26-29-28(25-34)24-33-27(3)32(29)38-31(36)23-21-19-17-15-13-11-9-7-5-2;/h24,34H,4-23,25-26H2,1-3H3;1H. The van der Waals surface area contributed by atoms with Crippen LogP contribution in [0.5, 0.6) is 5.75 Å². The van der Waals surface area contributed by atoms with Gasteiger partial charge in [0.25, 0.3) is 0 Å². The number of hydrogen-bond donors (Lipinski definition) is 1. The number of unbranched alkanes of at least 4 members (excludes halogenated alkanes) is 16. The highest BCUT2D eigenvalue weighted by Crippen LogP contribution is 2.27. The summed E-state index contributed by atoms with van der Waals surface area (Å²) in [6, 6.07) is 0. The zero-order valence-electron chi connectivity index (χ0n) is 25.1. The minimum Gasteiger partial charge on any atom is -0.461 e. The molecule has 0 aromatic carbocycles. The lowest BCUT2D eigenvalue weighted by molar-refractivity contribution is -0.145. The van der Waals surface area contributed by atoms with E-state index in [9.17, 15) is 14.7 Å². The highest BCUT2D eigenvalue weighted by molar-refractivity contribution is 5.85. The minimum atomic E-state index is -0.310. The van der Waals surface area contributed by atoms with Gasteiger partial charge in [-0.1, -0.05) is 117 Å². The molecule has 1 heterocycles. The molecule has 1 N–H and O–H groups in total. The highest BCUT2D eigenvalue weighted by atomic mass is 35.5. The predicted molar refractivity (Wildman–Crippen MR) is 161 cm³/mol. The monoisotopic (exact) mass is 569 g/mol. The molecule has 0 aliphatic carbocycles. The van der Waals surface area contributed by atoms with E-state index in [1.54, 1.807) is 13.1 Å². The lowest BCUT2D eigenvalue weighted by Crippen LogP contribution is -2.14. The van der Waals surface area contributed by atoms with E-state index in [4.69, 9.17) is 9.47 Å². The number of aryl methyl sites for hydroxylation is 1. The van der Waals surface area contributed by atoms with Crippen LogP contribution < -0.4 is 4.74 Å². The van der Waals surface area contributed by atoms with E-state index < -0.39 is 0 Å². The molecular formula is C32H56ClNO5. The molecule has 0 atom stereocenters. The van der Waals surface area contributed by atoms with Crippen LogP contribution in [0.25, 0.3) is 0 Å². The number of aliphatic hydroxyl groups is 1. The Morgan fingerprint density at radius 3 is 1.62 bits per heavy atom. The van der Waals surface area contributed by atoms with Crippen molar-refractivity contribution in [1.82, 2.24) is 4.98 Å². The minimum absolute atomic E-state index is 0. The van der Waals surface area contributed by atoms with E-state index in [0.717, 1.165) is 38.5 Å². The Hall–Kier alpha value is -1.66. The third-order valence-corrected chi connectivity index (χ3v) is 7.14. The van der Waals surface area contributed by atoms with E-state index in [1.807, 2.05) is 0 Å². The summed E-state index contributed by atoms with van der Waals surface area (Å²) in [7, 11) is 0. The van der Waals surface area contributed by atoms with Crippen molar-refractivity contribution in [3.63, 3.8) is 0 Å². The van der Waals surface area contributed by atoms with Crippen molar-refractivity contribution in [2.45, 2.75) is 162 Å². The summed E-state index contributed by atoms with van der Waals surface area (Å²) >= 11 is 0. The summed E-state index contributed by atoms with van der Waals surface area (Å²) in [6.07, 6.45) is 23.6. The maximum absolute atomic E-state index is 12.5. The van der Waals surface area contributed by atoms with Gasteiger partial charge in [-0.15, -0.1) is 12.4 Å². The summed E-state index contributed by atoms with van der Waals surface area (Å²) in [5, 5.41) is 9.80. The second-order valence-electron chi connectivity index (χ2n) is 10.6. The Balaban J connectivity index is 0.0000144. The Morgan fingerprint density at radius 1 is 0.718 bits per heavy atom. The van der Waals surface area contributed by atoms with E-state index in [0.29, 0.717) is 35.4 Å². The number of esters is 2. The quantitative estimate of drug-likeness (QED) is 0.0986. The molecule has 226 valence electrons. The van der Waals surface area contributed by atoms with E-state index in [-0.39, 0.29) is 37.6 Å². The van der Waals surface area contributed by atoms with Crippen molar-refractivity contribution >= 4 is 24.3 Å². The van der Waals surface area contributed by atoms with Crippen LogP contribution in [0.4, 0.5) is 0 Å². The summed E-state index contributed by atoms with van der Waals surface area (Å²) in [5.74, 6) is -0.262. The summed E-state index contributed by atoms with van der Waals surface area (Å²) in [4.78, 5) is 29.1. The number of aliphatic hydroxyl groups excluding tert-OH is 1. The number of aromatic nitrogens is 1. The maximum atomic E-state index is 12.5. The van der Waals surface area contributed by atoms with E-state index in [1.165, 1.54) is 77.0 Å². The number of nitrogens with zero attached hydrogens (tertiary/aromatic N) is 1. The number of ether oxygens (including phenoxy) is 2. The number of carbonyl (C=O) groups is 2. The van der Waals surface area contributed by atoms with Crippen LogP contribution >= 0.6 is 12.4 Å². The average Bonchev–Trinajstić information content (AvgIpc) is 2.91.